The SMILES string of the molecule is CN1CCN(CC(CN2C(=O)[C@H]3CC=CC[C@H]3C2=O)OCc2cccnc2)CC1. The lowest BCUT2D eigenvalue weighted by molar-refractivity contribution is -0.142. The molecular formula is C22H30N4O3. The number of ether oxygens (including phenoxy) is 1. The molecule has 0 aromatic carbocycles. The number of likely N-dealkylation sites (N-methyl/N-ethyl adjacent to an activating group) is 1. The summed E-state index contributed by atoms with van der Waals surface area (Å²) in [4.78, 5) is 36.0. The maximum atomic E-state index is 12.9. The summed E-state index contributed by atoms with van der Waals surface area (Å²) in [5.41, 5.74) is 0.993. The van der Waals surface area contributed by atoms with Crippen LogP contribution in [0, 0.1) is 11.8 Å². The molecule has 3 aliphatic rings. The normalized spacial score (nSPS) is 26.7. The van der Waals surface area contributed by atoms with Gasteiger partial charge in [-0.05, 0) is 31.5 Å². The third-order valence-electron chi connectivity index (χ3n) is 6.25. The highest BCUT2D eigenvalue weighted by Crippen LogP contribution is 2.35. The number of hydrogen-bond acceptors (Lipinski definition) is 6. The third kappa shape index (κ3) is 4.74. The number of piperazine rings is 1. The number of carbonyl (C=O) groups excluding carboxylic acids is 2. The molecule has 3 heterocycles. The average Bonchev–Trinajstić information content (AvgIpc) is 2.99. The molecule has 0 bridgehead atoms. The molecule has 1 unspecified atom stereocenters. The molecule has 7 nitrogen and oxygen atoms in total. The number of pyridine rings is 1. The van der Waals surface area contributed by atoms with E-state index < -0.39 is 0 Å². The van der Waals surface area contributed by atoms with Crippen molar-refractivity contribution in [3.63, 3.8) is 0 Å². The van der Waals surface area contributed by atoms with Crippen LogP contribution in [-0.4, -0.2) is 83.9 Å². The van der Waals surface area contributed by atoms with Gasteiger partial charge in [0.25, 0.3) is 0 Å². The lowest BCUT2D eigenvalue weighted by Gasteiger charge is -2.35. The Labute approximate surface area is 172 Å². The van der Waals surface area contributed by atoms with Gasteiger partial charge in [0, 0.05) is 45.1 Å². The first-order valence-electron chi connectivity index (χ1n) is 10.5. The second-order valence-electron chi connectivity index (χ2n) is 8.34. The Bertz CT molecular complexity index is 720. The fraction of sp³-hybridized carbons (Fsp3) is 0.591. The summed E-state index contributed by atoms with van der Waals surface area (Å²) in [5.74, 6) is -0.430. The number of aromatic nitrogens is 1. The lowest BCUT2D eigenvalue weighted by Crippen LogP contribution is -2.50. The predicted molar refractivity (Wildman–Crippen MR) is 109 cm³/mol. The first-order chi connectivity index (χ1) is 14.1. The van der Waals surface area contributed by atoms with Crippen LogP contribution in [0.25, 0.3) is 0 Å². The maximum absolute atomic E-state index is 12.9. The van der Waals surface area contributed by atoms with Crippen molar-refractivity contribution in [2.24, 2.45) is 11.8 Å². The maximum Gasteiger partial charge on any atom is 0.233 e. The monoisotopic (exact) mass is 398 g/mol. The third-order valence-corrected chi connectivity index (χ3v) is 6.25. The van der Waals surface area contributed by atoms with Crippen LogP contribution in [0.15, 0.2) is 36.7 Å². The van der Waals surface area contributed by atoms with E-state index in [2.05, 4.69) is 21.8 Å². The van der Waals surface area contributed by atoms with Gasteiger partial charge in [0.15, 0.2) is 0 Å². The summed E-state index contributed by atoms with van der Waals surface area (Å²) in [6.07, 6.45) is 8.71. The predicted octanol–water partition coefficient (Wildman–Crippen LogP) is 1.17. The fourth-order valence-corrected chi connectivity index (χ4v) is 4.43. The summed E-state index contributed by atoms with van der Waals surface area (Å²) in [6, 6.07) is 3.87. The second kappa shape index (κ2) is 9.15. The van der Waals surface area contributed by atoms with E-state index in [1.807, 2.05) is 24.3 Å². The van der Waals surface area contributed by atoms with Crippen molar-refractivity contribution in [1.29, 1.82) is 0 Å². The molecule has 0 N–H and O–H groups in total. The van der Waals surface area contributed by atoms with Crippen LogP contribution in [0.1, 0.15) is 18.4 Å². The molecule has 156 valence electrons. The second-order valence-corrected chi connectivity index (χ2v) is 8.34. The highest BCUT2D eigenvalue weighted by atomic mass is 16.5. The Balaban J connectivity index is 1.42. The molecule has 2 amide bonds. The van der Waals surface area contributed by atoms with Crippen molar-refractivity contribution in [3.05, 3.63) is 42.2 Å². The Hall–Kier alpha value is -2.09. The molecule has 1 aromatic rings. The number of nitrogens with zero attached hydrogens (tertiary/aromatic N) is 4. The number of imide groups is 1. The van der Waals surface area contributed by atoms with Crippen molar-refractivity contribution in [2.45, 2.75) is 25.6 Å². The summed E-state index contributed by atoms with van der Waals surface area (Å²) >= 11 is 0. The summed E-state index contributed by atoms with van der Waals surface area (Å²) < 4.78 is 6.21. The topological polar surface area (TPSA) is 66.0 Å². The van der Waals surface area contributed by atoms with Gasteiger partial charge in [-0.1, -0.05) is 18.2 Å². The van der Waals surface area contributed by atoms with E-state index in [1.54, 1.807) is 12.4 Å². The Morgan fingerprint density at radius 2 is 1.76 bits per heavy atom. The van der Waals surface area contributed by atoms with Crippen molar-refractivity contribution < 1.29 is 14.3 Å². The van der Waals surface area contributed by atoms with Crippen LogP contribution >= 0.6 is 0 Å². The molecule has 29 heavy (non-hydrogen) atoms. The summed E-state index contributed by atoms with van der Waals surface area (Å²) in [5, 5.41) is 0. The Kier molecular flexibility index (Phi) is 6.37. The van der Waals surface area contributed by atoms with Crippen LogP contribution in [0.5, 0.6) is 0 Å². The number of likely N-dealkylation sites (tertiary alicyclic amines) is 1. The van der Waals surface area contributed by atoms with Crippen molar-refractivity contribution in [3.8, 4) is 0 Å². The molecule has 4 rings (SSSR count). The summed E-state index contributed by atoms with van der Waals surface area (Å²) in [7, 11) is 2.13. The van der Waals surface area contributed by atoms with Gasteiger partial charge in [0.1, 0.15) is 0 Å². The van der Waals surface area contributed by atoms with Crippen molar-refractivity contribution in [1.82, 2.24) is 19.7 Å². The molecule has 7 heteroatoms. The number of fused-ring (bicyclic) bond motifs is 1. The molecule has 1 aromatic heterocycles. The zero-order valence-corrected chi connectivity index (χ0v) is 17.1. The van der Waals surface area contributed by atoms with E-state index in [4.69, 9.17) is 4.74 Å². The van der Waals surface area contributed by atoms with Gasteiger partial charge in [0.05, 0.1) is 31.1 Å². The van der Waals surface area contributed by atoms with Gasteiger partial charge in [-0.2, -0.15) is 0 Å². The van der Waals surface area contributed by atoms with E-state index >= 15 is 0 Å². The van der Waals surface area contributed by atoms with Crippen molar-refractivity contribution >= 4 is 11.8 Å². The molecule has 3 atom stereocenters. The van der Waals surface area contributed by atoms with Crippen LogP contribution < -0.4 is 0 Å². The zero-order valence-electron chi connectivity index (χ0n) is 17.1. The smallest absolute Gasteiger partial charge is 0.233 e. The van der Waals surface area contributed by atoms with Crippen molar-refractivity contribution in [2.75, 3.05) is 46.3 Å². The molecule has 2 aliphatic heterocycles. The molecule has 2 fully saturated rings. The molecule has 2 saturated heterocycles. The molecule has 0 saturated carbocycles. The quantitative estimate of drug-likeness (QED) is 0.507. The highest BCUT2D eigenvalue weighted by molar-refractivity contribution is 6.05. The van der Waals surface area contributed by atoms with E-state index in [1.165, 1.54) is 4.90 Å². The fourth-order valence-electron chi connectivity index (χ4n) is 4.43. The Morgan fingerprint density at radius 3 is 2.38 bits per heavy atom. The van der Waals surface area contributed by atoms with Gasteiger partial charge in [-0.3, -0.25) is 24.4 Å². The molecule has 0 radical (unpaired) electrons. The minimum atomic E-state index is -0.209. The number of hydrogen-bond donors (Lipinski definition) is 0. The standard InChI is InChI=1S/C22H30N4O3/c1-24-9-11-25(12-10-24)14-18(29-16-17-5-4-8-23-13-17)15-26-21(27)19-6-2-3-7-20(19)22(26)28/h2-5,8,13,18-20H,6-7,9-12,14-16H2,1H3/t18?,19-,20+. The van der Waals surface area contributed by atoms with Crippen LogP contribution in [0.4, 0.5) is 0 Å². The van der Waals surface area contributed by atoms with Gasteiger partial charge in [0.2, 0.25) is 11.8 Å². The lowest BCUT2D eigenvalue weighted by atomic mass is 9.85. The molecular weight excluding hydrogens is 368 g/mol. The van der Waals surface area contributed by atoms with E-state index in [-0.39, 0.29) is 29.8 Å². The average molecular weight is 399 g/mol. The number of rotatable bonds is 7. The first-order valence-corrected chi connectivity index (χ1v) is 10.5. The number of carbonyl (C=O) groups is 2. The Morgan fingerprint density at radius 1 is 1.07 bits per heavy atom. The molecule has 0 spiro atoms. The van der Waals surface area contributed by atoms with Crippen LogP contribution in [0.3, 0.4) is 0 Å². The van der Waals surface area contributed by atoms with E-state index in [9.17, 15) is 9.59 Å². The zero-order chi connectivity index (χ0) is 20.2. The minimum Gasteiger partial charge on any atom is -0.370 e. The van der Waals surface area contributed by atoms with Gasteiger partial charge >= 0.3 is 0 Å². The number of amides is 2. The van der Waals surface area contributed by atoms with E-state index in [0.717, 1.165) is 38.3 Å². The largest absolute Gasteiger partial charge is 0.370 e. The molecule has 1 aliphatic carbocycles. The number of allylic oxidation sites excluding steroid dienone is 2. The minimum absolute atomic E-state index is 0.0299. The summed E-state index contributed by atoms with van der Waals surface area (Å²) in [6.45, 7) is 5.47. The highest BCUT2D eigenvalue weighted by Gasteiger charge is 2.47. The van der Waals surface area contributed by atoms with Gasteiger partial charge in [-0.25, -0.2) is 0 Å². The first kappa shape index (κ1) is 20.2. The van der Waals surface area contributed by atoms with Gasteiger partial charge in [-0.15, -0.1) is 0 Å². The van der Waals surface area contributed by atoms with E-state index in [0.29, 0.717) is 26.0 Å². The van der Waals surface area contributed by atoms with Crippen LogP contribution in [-0.2, 0) is 20.9 Å². The van der Waals surface area contributed by atoms with Crippen LogP contribution in [0.2, 0.25) is 0 Å². The van der Waals surface area contributed by atoms with Gasteiger partial charge < -0.3 is 9.64 Å².